The summed E-state index contributed by atoms with van der Waals surface area (Å²) in [7, 11) is 0. The summed E-state index contributed by atoms with van der Waals surface area (Å²) in [6.45, 7) is 4.66. The van der Waals surface area contributed by atoms with Gasteiger partial charge in [-0.3, -0.25) is 14.6 Å². The average molecular weight is 389 g/mol. The smallest absolute Gasteiger partial charge is 0.261 e. The third-order valence-electron chi connectivity index (χ3n) is 4.99. The van der Waals surface area contributed by atoms with Crippen molar-refractivity contribution in [1.29, 1.82) is 0 Å². The topological polar surface area (TPSA) is 64.0 Å². The number of hydrogen-bond donors (Lipinski definition) is 1. The molecule has 150 valence electrons. The van der Waals surface area contributed by atoms with Gasteiger partial charge in [-0.25, -0.2) is 0 Å². The predicted molar refractivity (Wildman–Crippen MR) is 116 cm³/mol. The molecule has 0 atom stereocenters. The number of benzene rings is 1. The number of amides is 1. The van der Waals surface area contributed by atoms with Crippen LogP contribution in [0.15, 0.2) is 65.7 Å². The Kier molecular flexibility index (Phi) is 6.95. The van der Waals surface area contributed by atoms with E-state index in [0.29, 0.717) is 18.7 Å². The van der Waals surface area contributed by atoms with Crippen molar-refractivity contribution in [2.75, 3.05) is 5.32 Å². The minimum atomic E-state index is -0.351. The predicted octanol–water partition coefficient (Wildman–Crippen LogP) is 4.59. The maximum Gasteiger partial charge on any atom is 0.261 e. The zero-order valence-electron chi connectivity index (χ0n) is 17.0. The number of para-hydroxylation sites is 1. The van der Waals surface area contributed by atoms with Crippen molar-refractivity contribution in [3.05, 3.63) is 93.7 Å². The van der Waals surface area contributed by atoms with Gasteiger partial charge in [-0.2, -0.15) is 0 Å². The molecule has 1 amide bonds. The number of rotatable bonds is 8. The molecule has 5 nitrogen and oxygen atoms in total. The number of hydrogen-bond acceptors (Lipinski definition) is 3. The highest BCUT2D eigenvalue weighted by Gasteiger charge is 2.20. The Hall–Kier alpha value is -3.21. The lowest BCUT2D eigenvalue weighted by Crippen LogP contribution is -2.28. The molecular weight excluding hydrogens is 362 g/mol. The van der Waals surface area contributed by atoms with Gasteiger partial charge in [-0.05, 0) is 49.6 Å². The van der Waals surface area contributed by atoms with E-state index in [0.717, 1.165) is 36.2 Å². The van der Waals surface area contributed by atoms with Crippen LogP contribution in [-0.2, 0) is 13.0 Å². The van der Waals surface area contributed by atoms with Crippen molar-refractivity contribution >= 4 is 11.6 Å². The van der Waals surface area contributed by atoms with E-state index >= 15 is 0 Å². The number of nitrogens with one attached hydrogen (secondary N) is 1. The van der Waals surface area contributed by atoms with E-state index in [1.807, 2.05) is 49.4 Å². The van der Waals surface area contributed by atoms with Crippen molar-refractivity contribution in [1.82, 2.24) is 9.55 Å². The molecule has 2 heterocycles. The number of pyridine rings is 2. The summed E-state index contributed by atoms with van der Waals surface area (Å²) in [5.41, 5.74) is 3.43. The molecule has 1 N–H and O–H groups in total. The minimum Gasteiger partial charge on any atom is -0.343 e. The van der Waals surface area contributed by atoms with Crippen molar-refractivity contribution in [2.24, 2.45) is 0 Å². The third-order valence-corrected chi connectivity index (χ3v) is 4.99. The minimum absolute atomic E-state index is 0.228. The summed E-state index contributed by atoms with van der Waals surface area (Å²) in [5.74, 6) is -0.351. The van der Waals surface area contributed by atoms with Crippen LogP contribution in [0.3, 0.4) is 0 Å². The van der Waals surface area contributed by atoms with Gasteiger partial charge in [0, 0.05) is 42.1 Å². The molecule has 0 aliphatic rings. The summed E-state index contributed by atoms with van der Waals surface area (Å²) in [6, 6.07) is 14.7. The number of carbonyl (C=O) groups excluding carboxylic acids is 1. The zero-order chi connectivity index (χ0) is 20.6. The Morgan fingerprint density at radius 2 is 1.79 bits per heavy atom. The largest absolute Gasteiger partial charge is 0.343 e. The van der Waals surface area contributed by atoms with Gasteiger partial charge >= 0.3 is 0 Å². The first-order chi connectivity index (χ1) is 14.1. The van der Waals surface area contributed by atoms with Crippen molar-refractivity contribution in [3.63, 3.8) is 0 Å². The summed E-state index contributed by atoms with van der Waals surface area (Å²) < 4.78 is 2.09. The fraction of sp³-hybridized carbons (Fsp3) is 0.292. The fourth-order valence-corrected chi connectivity index (χ4v) is 3.48. The highest BCUT2D eigenvalue weighted by Crippen LogP contribution is 2.17. The van der Waals surface area contributed by atoms with Crippen LogP contribution in [0.2, 0.25) is 0 Å². The molecular formula is C24H27N3O2. The first kappa shape index (κ1) is 20.5. The summed E-state index contributed by atoms with van der Waals surface area (Å²) in [5, 5.41) is 2.88. The first-order valence-electron chi connectivity index (χ1n) is 10.1. The van der Waals surface area contributed by atoms with E-state index < -0.39 is 0 Å². The van der Waals surface area contributed by atoms with E-state index in [9.17, 15) is 9.59 Å². The van der Waals surface area contributed by atoms with Gasteiger partial charge in [-0.15, -0.1) is 0 Å². The lowest BCUT2D eigenvalue weighted by Gasteiger charge is -2.20. The maximum atomic E-state index is 13.1. The Balaban J connectivity index is 2.04. The molecule has 5 heteroatoms. The molecule has 0 radical (unpaired) electrons. The van der Waals surface area contributed by atoms with Crippen LogP contribution in [-0.4, -0.2) is 15.5 Å². The normalized spacial score (nSPS) is 10.7. The van der Waals surface area contributed by atoms with Crippen LogP contribution in [0.1, 0.15) is 53.5 Å². The second-order valence-electron chi connectivity index (χ2n) is 7.19. The summed E-state index contributed by atoms with van der Waals surface area (Å²) >= 11 is 0. The Morgan fingerprint density at radius 3 is 2.48 bits per heavy atom. The number of anilines is 1. The van der Waals surface area contributed by atoms with Crippen molar-refractivity contribution in [3.8, 4) is 0 Å². The van der Waals surface area contributed by atoms with Crippen LogP contribution >= 0.6 is 0 Å². The molecule has 1 aromatic carbocycles. The highest BCUT2D eigenvalue weighted by molar-refractivity contribution is 6.05. The molecule has 3 aromatic rings. The molecule has 0 fully saturated rings. The zero-order valence-corrected chi connectivity index (χ0v) is 17.0. The number of aryl methyl sites for hydroxylation is 1. The lowest BCUT2D eigenvalue weighted by atomic mass is 10.0. The van der Waals surface area contributed by atoms with Gasteiger partial charge in [0.25, 0.3) is 5.91 Å². The Morgan fingerprint density at radius 1 is 1.07 bits per heavy atom. The van der Waals surface area contributed by atoms with Gasteiger partial charge < -0.3 is 9.88 Å². The van der Waals surface area contributed by atoms with Crippen LogP contribution in [0.4, 0.5) is 5.69 Å². The van der Waals surface area contributed by atoms with Crippen molar-refractivity contribution < 1.29 is 4.79 Å². The monoisotopic (exact) mass is 389 g/mol. The van der Waals surface area contributed by atoms with E-state index in [2.05, 4.69) is 21.8 Å². The average Bonchev–Trinajstić information content (AvgIpc) is 2.72. The van der Waals surface area contributed by atoms with Gasteiger partial charge in [0.1, 0.15) is 5.56 Å². The molecule has 0 bridgehead atoms. The standard InChI is InChI=1S/C24H27N3O2/c1-3-4-6-11-21-23(24(29)26-20-9-7-5-8-10-20)22(28)16-18(2)27(21)17-19-12-14-25-15-13-19/h5,7-10,12-16H,3-4,6,11,17H2,1-2H3,(H,26,29). The van der Waals surface area contributed by atoms with E-state index in [1.54, 1.807) is 18.5 Å². The molecule has 2 aromatic heterocycles. The third kappa shape index (κ3) is 5.19. The number of aromatic nitrogens is 2. The Labute approximate surface area is 171 Å². The lowest BCUT2D eigenvalue weighted by molar-refractivity contribution is 0.102. The van der Waals surface area contributed by atoms with Gasteiger partial charge in [0.2, 0.25) is 0 Å². The Bertz CT molecular complexity index is 1010. The molecule has 0 aliphatic carbocycles. The van der Waals surface area contributed by atoms with Crippen LogP contribution < -0.4 is 10.7 Å². The van der Waals surface area contributed by atoms with Crippen LogP contribution in [0.25, 0.3) is 0 Å². The molecule has 3 rings (SSSR count). The second-order valence-corrected chi connectivity index (χ2v) is 7.19. The number of carbonyl (C=O) groups is 1. The van der Waals surface area contributed by atoms with E-state index in [1.165, 1.54) is 0 Å². The molecule has 0 saturated heterocycles. The number of unbranched alkanes of at least 4 members (excludes halogenated alkanes) is 2. The van der Waals surface area contributed by atoms with Crippen LogP contribution in [0, 0.1) is 6.92 Å². The van der Waals surface area contributed by atoms with E-state index in [4.69, 9.17) is 0 Å². The number of nitrogens with zero attached hydrogens (tertiary/aromatic N) is 2. The first-order valence-corrected chi connectivity index (χ1v) is 10.1. The fourth-order valence-electron chi connectivity index (χ4n) is 3.48. The summed E-state index contributed by atoms with van der Waals surface area (Å²) in [6.07, 6.45) is 7.26. The highest BCUT2D eigenvalue weighted by atomic mass is 16.2. The molecule has 0 saturated carbocycles. The van der Waals surface area contributed by atoms with Crippen molar-refractivity contribution in [2.45, 2.75) is 46.1 Å². The van der Waals surface area contributed by atoms with Gasteiger partial charge in [0.05, 0.1) is 0 Å². The van der Waals surface area contributed by atoms with Crippen LogP contribution in [0.5, 0.6) is 0 Å². The maximum absolute atomic E-state index is 13.1. The quantitative estimate of drug-likeness (QED) is 0.573. The summed E-state index contributed by atoms with van der Waals surface area (Å²) in [4.78, 5) is 30.0. The molecule has 0 unspecified atom stereocenters. The van der Waals surface area contributed by atoms with E-state index in [-0.39, 0.29) is 16.9 Å². The second kappa shape index (κ2) is 9.82. The van der Waals surface area contributed by atoms with Gasteiger partial charge in [-0.1, -0.05) is 38.0 Å². The molecule has 0 aliphatic heterocycles. The molecule has 29 heavy (non-hydrogen) atoms. The van der Waals surface area contributed by atoms with Gasteiger partial charge in [0.15, 0.2) is 5.43 Å². The SMILES string of the molecule is CCCCCc1c(C(=O)Nc2ccccc2)c(=O)cc(C)n1Cc1ccncc1. The molecule has 0 spiro atoms.